The maximum absolute atomic E-state index is 12.7. The summed E-state index contributed by atoms with van der Waals surface area (Å²) in [5.74, 6) is -0.286. The van der Waals surface area contributed by atoms with E-state index in [1.807, 2.05) is 54.6 Å². The number of esters is 1. The summed E-state index contributed by atoms with van der Waals surface area (Å²) >= 11 is 0. The van der Waals surface area contributed by atoms with Crippen LogP contribution in [0.25, 0.3) is 0 Å². The maximum atomic E-state index is 12.7. The number of benzene rings is 2. The molecule has 5 nitrogen and oxygen atoms in total. The van der Waals surface area contributed by atoms with Gasteiger partial charge in [0.1, 0.15) is 5.75 Å². The highest BCUT2D eigenvalue weighted by atomic mass is 16.5. The fourth-order valence-corrected chi connectivity index (χ4v) is 3.29. The van der Waals surface area contributed by atoms with Crippen molar-refractivity contribution in [3.05, 3.63) is 60.2 Å². The molecule has 1 fully saturated rings. The van der Waals surface area contributed by atoms with Crippen LogP contribution in [-0.2, 0) is 14.3 Å². The summed E-state index contributed by atoms with van der Waals surface area (Å²) < 4.78 is 10.5. The molecule has 0 bridgehead atoms. The van der Waals surface area contributed by atoms with E-state index in [1.165, 1.54) is 0 Å². The van der Waals surface area contributed by atoms with Gasteiger partial charge in [-0.1, -0.05) is 30.3 Å². The summed E-state index contributed by atoms with van der Waals surface area (Å²) in [5.41, 5.74) is 1.62. The van der Waals surface area contributed by atoms with Crippen molar-refractivity contribution in [1.29, 1.82) is 0 Å². The summed E-state index contributed by atoms with van der Waals surface area (Å²) in [5, 5.41) is 0. The Hall–Kier alpha value is -2.82. The normalized spacial score (nSPS) is 19.8. The summed E-state index contributed by atoms with van der Waals surface area (Å²) in [4.78, 5) is 26.9. The lowest BCUT2D eigenvalue weighted by Gasteiger charge is -2.28. The van der Waals surface area contributed by atoms with E-state index in [0.717, 1.165) is 11.3 Å². The Kier molecular flexibility index (Phi) is 5.03. The fraction of sp³-hybridized carbons (Fsp3) is 0.300. The molecule has 0 N–H and O–H groups in total. The number of methoxy groups -OCH3 is 1. The van der Waals surface area contributed by atoms with E-state index in [0.29, 0.717) is 12.4 Å². The van der Waals surface area contributed by atoms with Gasteiger partial charge in [0.15, 0.2) is 0 Å². The van der Waals surface area contributed by atoms with Crippen LogP contribution in [0.1, 0.15) is 24.9 Å². The third kappa shape index (κ3) is 3.36. The molecule has 25 heavy (non-hydrogen) atoms. The third-order valence-corrected chi connectivity index (χ3v) is 4.38. The zero-order chi connectivity index (χ0) is 17.8. The molecule has 0 aliphatic carbocycles. The van der Waals surface area contributed by atoms with Crippen LogP contribution in [0.3, 0.4) is 0 Å². The van der Waals surface area contributed by atoms with Gasteiger partial charge < -0.3 is 14.4 Å². The first kappa shape index (κ1) is 17.0. The van der Waals surface area contributed by atoms with Gasteiger partial charge in [0.05, 0.1) is 25.7 Å². The van der Waals surface area contributed by atoms with Gasteiger partial charge in [0.25, 0.3) is 0 Å². The van der Waals surface area contributed by atoms with Gasteiger partial charge in [-0.05, 0) is 36.8 Å². The molecular weight excluding hydrogens is 318 g/mol. The molecule has 0 saturated carbocycles. The average molecular weight is 339 g/mol. The summed E-state index contributed by atoms with van der Waals surface area (Å²) in [6, 6.07) is 16.5. The summed E-state index contributed by atoms with van der Waals surface area (Å²) in [6.45, 7) is 2.06. The highest BCUT2D eigenvalue weighted by Crippen LogP contribution is 2.42. The molecule has 1 aliphatic rings. The summed E-state index contributed by atoms with van der Waals surface area (Å²) in [6.07, 6.45) is 0.135. The topological polar surface area (TPSA) is 55.8 Å². The van der Waals surface area contributed by atoms with Gasteiger partial charge in [-0.2, -0.15) is 0 Å². The van der Waals surface area contributed by atoms with E-state index < -0.39 is 12.0 Å². The average Bonchev–Trinajstić information content (AvgIpc) is 3.00. The first-order valence-corrected chi connectivity index (χ1v) is 8.33. The van der Waals surface area contributed by atoms with Crippen molar-refractivity contribution in [2.45, 2.75) is 19.4 Å². The van der Waals surface area contributed by atoms with Gasteiger partial charge in [0, 0.05) is 12.1 Å². The molecule has 0 aromatic heterocycles. The molecule has 0 spiro atoms. The number of carbonyl (C=O) groups is 2. The Morgan fingerprint density at radius 1 is 1.16 bits per heavy atom. The van der Waals surface area contributed by atoms with E-state index in [2.05, 4.69) is 0 Å². The van der Waals surface area contributed by atoms with E-state index in [4.69, 9.17) is 9.47 Å². The minimum absolute atomic E-state index is 0.0860. The number of hydrogen-bond donors (Lipinski definition) is 0. The van der Waals surface area contributed by atoms with Crippen LogP contribution in [-0.4, -0.2) is 25.6 Å². The van der Waals surface area contributed by atoms with Crippen LogP contribution in [0, 0.1) is 5.92 Å². The molecule has 3 rings (SSSR count). The standard InChI is InChI=1S/C20H21NO4/c1-3-25-20(23)17-13-18(22)21(15-9-5-4-6-10-15)19(17)14-8-7-11-16(12-14)24-2/h4-12,17,19H,3,13H2,1-2H3. The van der Waals surface area contributed by atoms with E-state index >= 15 is 0 Å². The Balaban J connectivity index is 2.06. The monoisotopic (exact) mass is 339 g/mol. The number of carbonyl (C=O) groups excluding carboxylic acids is 2. The predicted molar refractivity (Wildman–Crippen MR) is 94.4 cm³/mol. The Morgan fingerprint density at radius 2 is 1.92 bits per heavy atom. The largest absolute Gasteiger partial charge is 0.497 e. The van der Waals surface area contributed by atoms with Crippen molar-refractivity contribution < 1.29 is 19.1 Å². The van der Waals surface area contributed by atoms with Crippen molar-refractivity contribution in [3.63, 3.8) is 0 Å². The number of nitrogens with zero attached hydrogens (tertiary/aromatic N) is 1. The predicted octanol–water partition coefficient (Wildman–Crippen LogP) is 3.35. The molecule has 1 amide bonds. The van der Waals surface area contributed by atoms with Crippen LogP contribution in [0.2, 0.25) is 0 Å². The van der Waals surface area contributed by atoms with Crippen molar-refractivity contribution in [2.75, 3.05) is 18.6 Å². The molecule has 2 aromatic rings. The molecule has 0 radical (unpaired) electrons. The molecule has 1 heterocycles. The summed E-state index contributed by atoms with van der Waals surface area (Å²) in [7, 11) is 1.59. The molecule has 2 aromatic carbocycles. The highest BCUT2D eigenvalue weighted by Gasteiger charge is 2.46. The molecule has 130 valence electrons. The van der Waals surface area contributed by atoms with E-state index in [9.17, 15) is 9.59 Å². The van der Waals surface area contributed by atoms with Gasteiger partial charge in [-0.25, -0.2) is 0 Å². The van der Waals surface area contributed by atoms with Crippen molar-refractivity contribution in [3.8, 4) is 5.75 Å². The first-order valence-electron chi connectivity index (χ1n) is 8.33. The Labute approximate surface area is 147 Å². The van der Waals surface area contributed by atoms with Crippen LogP contribution < -0.4 is 9.64 Å². The third-order valence-electron chi connectivity index (χ3n) is 4.38. The fourth-order valence-electron chi connectivity index (χ4n) is 3.29. The number of hydrogen-bond acceptors (Lipinski definition) is 4. The molecule has 2 atom stereocenters. The van der Waals surface area contributed by atoms with Gasteiger partial charge in [-0.3, -0.25) is 9.59 Å². The second-order valence-electron chi connectivity index (χ2n) is 5.88. The first-order chi connectivity index (χ1) is 12.2. The van der Waals surface area contributed by atoms with Gasteiger partial charge in [0.2, 0.25) is 5.91 Å². The molecule has 5 heteroatoms. The quantitative estimate of drug-likeness (QED) is 0.784. The lowest BCUT2D eigenvalue weighted by molar-refractivity contribution is -0.148. The second-order valence-corrected chi connectivity index (χ2v) is 5.88. The minimum atomic E-state index is -0.542. The smallest absolute Gasteiger partial charge is 0.311 e. The van der Waals surface area contributed by atoms with Gasteiger partial charge >= 0.3 is 5.97 Å². The number of para-hydroxylation sites is 1. The van der Waals surface area contributed by atoms with Crippen LogP contribution in [0.4, 0.5) is 5.69 Å². The zero-order valence-corrected chi connectivity index (χ0v) is 14.3. The number of ether oxygens (including phenoxy) is 2. The van der Waals surface area contributed by atoms with Crippen LogP contribution >= 0.6 is 0 Å². The van der Waals surface area contributed by atoms with Gasteiger partial charge in [-0.15, -0.1) is 0 Å². The molecule has 2 unspecified atom stereocenters. The van der Waals surface area contributed by atoms with Crippen molar-refractivity contribution in [2.24, 2.45) is 5.92 Å². The molecule has 1 aliphatic heterocycles. The van der Waals surface area contributed by atoms with Crippen LogP contribution in [0.5, 0.6) is 5.75 Å². The zero-order valence-electron chi connectivity index (χ0n) is 14.3. The molecule has 1 saturated heterocycles. The maximum Gasteiger partial charge on any atom is 0.311 e. The van der Waals surface area contributed by atoms with Crippen molar-refractivity contribution >= 4 is 17.6 Å². The number of anilines is 1. The lowest BCUT2D eigenvalue weighted by Crippen LogP contribution is -2.31. The van der Waals surface area contributed by atoms with E-state index in [1.54, 1.807) is 18.9 Å². The Morgan fingerprint density at radius 3 is 2.60 bits per heavy atom. The highest BCUT2D eigenvalue weighted by molar-refractivity contribution is 6.00. The Bertz CT molecular complexity index is 759. The SMILES string of the molecule is CCOC(=O)C1CC(=O)N(c2ccccc2)C1c1cccc(OC)c1. The number of rotatable bonds is 5. The molecular formula is C20H21NO4. The second kappa shape index (κ2) is 7.38. The van der Waals surface area contributed by atoms with E-state index in [-0.39, 0.29) is 18.3 Å². The lowest BCUT2D eigenvalue weighted by atomic mass is 9.93. The minimum Gasteiger partial charge on any atom is -0.497 e. The van der Waals surface area contributed by atoms with Crippen molar-refractivity contribution in [1.82, 2.24) is 0 Å². The van der Waals surface area contributed by atoms with Crippen LogP contribution in [0.15, 0.2) is 54.6 Å². The number of amides is 1.